The van der Waals surface area contributed by atoms with E-state index in [2.05, 4.69) is 33.0 Å². The van der Waals surface area contributed by atoms with Crippen LogP contribution in [0.25, 0.3) is 0 Å². The molecule has 0 atom stereocenters. The Morgan fingerprint density at radius 2 is 1.73 bits per heavy atom. The molecule has 3 heteroatoms. The number of hydrogen-bond acceptors (Lipinski definition) is 2. The van der Waals surface area contributed by atoms with Gasteiger partial charge in [0.05, 0.1) is 5.54 Å². The van der Waals surface area contributed by atoms with Crippen molar-refractivity contribution in [2.24, 2.45) is 17.1 Å². The molecule has 15 heavy (non-hydrogen) atoms. The SMILES string of the molecule is CC(C)CC(C)(C)CNC(=O)C(C)(C)N. The van der Waals surface area contributed by atoms with Crippen molar-refractivity contribution in [1.82, 2.24) is 5.32 Å². The summed E-state index contributed by atoms with van der Waals surface area (Å²) in [6, 6.07) is 0. The highest BCUT2D eigenvalue weighted by Gasteiger charge is 2.25. The third-order valence-electron chi connectivity index (χ3n) is 2.27. The summed E-state index contributed by atoms with van der Waals surface area (Å²) in [4.78, 5) is 11.6. The summed E-state index contributed by atoms with van der Waals surface area (Å²) in [5.41, 5.74) is 5.05. The second-order valence-corrected chi connectivity index (χ2v) is 6.17. The number of nitrogens with one attached hydrogen (secondary N) is 1. The van der Waals surface area contributed by atoms with E-state index >= 15 is 0 Å². The molecule has 90 valence electrons. The van der Waals surface area contributed by atoms with Gasteiger partial charge in [-0.25, -0.2) is 0 Å². The summed E-state index contributed by atoms with van der Waals surface area (Å²) in [5.74, 6) is 0.558. The zero-order valence-electron chi connectivity index (χ0n) is 11.0. The zero-order chi connectivity index (χ0) is 12.3. The number of carbonyl (C=O) groups excluding carboxylic acids is 1. The minimum atomic E-state index is -0.784. The maximum absolute atomic E-state index is 11.6. The van der Waals surface area contributed by atoms with Crippen molar-refractivity contribution in [3.63, 3.8) is 0 Å². The normalized spacial score (nSPS) is 13.1. The smallest absolute Gasteiger partial charge is 0.239 e. The predicted molar refractivity (Wildman–Crippen MR) is 64.5 cm³/mol. The van der Waals surface area contributed by atoms with E-state index < -0.39 is 5.54 Å². The topological polar surface area (TPSA) is 55.1 Å². The fourth-order valence-electron chi connectivity index (χ4n) is 1.72. The number of amides is 1. The maximum atomic E-state index is 11.6. The van der Waals surface area contributed by atoms with Gasteiger partial charge in [0.1, 0.15) is 0 Å². The third kappa shape index (κ3) is 6.50. The third-order valence-corrected chi connectivity index (χ3v) is 2.27. The van der Waals surface area contributed by atoms with Crippen LogP contribution in [-0.4, -0.2) is 18.0 Å². The van der Waals surface area contributed by atoms with Gasteiger partial charge in [0.2, 0.25) is 5.91 Å². The van der Waals surface area contributed by atoms with Crippen LogP contribution in [0.4, 0.5) is 0 Å². The van der Waals surface area contributed by atoms with Crippen LogP contribution in [0, 0.1) is 11.3 Å². The summed E-state index contributed by atoms with van der Waals surface area (Å²) in [6.45, 7) is 12.8. The van der Waals surface area contributed by atoms with Crippen molar-refractivity contribution in [3.05, 3.63) is 0 Å². The molecule has 0 aromatic rings. The lowest BCUT2D eigenvalue weighted by Crippen LogP contribution is -2.51. The van der Waals surface area contributed by atoms with E-state index in [-0.39, 0.29) is 11.3 Å². The van der Waals surface area contributed by atoms with Crippen LogP contribution in [0.3, 0.4) is 0 Å². The summed E-state index contributed by atoms with van der Waals surface area (Å²) >= 11 is 0. The van der Waals surface area contributed by atoms with Crippen LogP contribution in [0.5, 0.6) is 0 Å². The van der Waals surface area contributed by atoms with Crippen LogP contribution in [0.1, 0.15) is 48.0 Å². The highest BCUT2D eigenvalue weighted by molar-refractivity contribution is 5.85. The summed E-state index contributed by atoms with van der Waals surface area (Å²) in [5, 5.41) is 2.90. The molecule has 3 N–H and O–H groups in total. The van der Waals surface area contributed by atoms with E-state index in [1.54, 1.807) is 13.8 Å². The Balaban J connectivity index is 4.10. The first-order valence-corrected chi connectivity index (χ1v) is 5.62. The first kappa shape index (κ1) is 14.4. The molecule has 0 aliphatic carbocycles. The van der Waals surface area contributed by atoms with Gasteiger partial charge in [-0.2, -0.15) is 0 Å². The minimum absolute atomic E-state index is 0.0840. The molecule has 0 unspecified atom stereocenters. The fourth-order valence-corrected chi connectivity index (χ4v) is 1.72. The zero-order valence-corrected chi connectivity index (χ0v) is 11.0. The number of carbonyl (C=O) groups is 1. The summed E-state index contributed by atoms with van der Waals surface area (Å²) in [7, 11) is 0. The van der Waals surface area contributed by atoms with Gasteiger partial charge in [-0.15, -0.1) is 0 Å². The van der Waals surface area contributed by atoms with Crippen molar-refractivity contribution in [1.29, 1.82) is 0 Å². The number of rotatable bonds is 5. The van der Waals surface area contributed by atoms with Gasteiger partial charge in [-0.05, 0) is 31.6 Å². The molecule has 3 nitrogen and oxygen atoms in total. The van der Waals surface area contributed by atoms with E-state index in [0.717, 1.165) is 6.42 Å². The molecular weight excluding hydrogens is 188 g/mol. The molecule has 0 heterocycles. The van der Waals surface area contributed by atoms with Gasteiger partial charge in [-0.1, -0.05) is 27.7 Å². The molecule has 0 aliphatic rings. The van der Waals surface area contributed by atoms with Gasteiger partial charge in [0, 0.05) is 6.54 Å². The largest absolute Gasteiger partial charge is 0.354 e. The standard InChI is InChI=1S/C12H26N2O/c1-9(2)7-11(3,4)8-14-10(15)12(5,6)13/h9H,7-8,13H2,1-6H3,(H,14,15). The Bertz CT molecular complexity index is 214. The Kier molecular flexibility index (Phi) is 4.78. The molecule has 0 aromatic heterocycles. The van der Waals surface area contributed by atoms with E-state index in [1.807, 2.05) is 0 Å². The Hall–Kier alpha value is -0.570. The van der Waals surface area contributed by atoms with Crippen LogP contribution >= 0.6 is 0 Å². The molecule has 0 bridgehead atoms. The molecule has 0 radical (unpaired) electrons. The first-order chi connectivity index (χ1) is 6.54. The van der Waals surface area contributed by atoms with Crippen molar-refractivity contribution >= 4 is 5.91 Å². The van der Waals surface area contributed by atoms with Crippen LogP contribution in [0.15, 0.2) is 0 Å². The Labute approximate surface area is 93.8 Å². The minimum Gasteiger partial charge on any atom is -0.354 e. The number of hydrogen-bond donors (Lipinski definition) is 2. The lowest BCUT2D eigenvalue weighted by molar-refractivity contribution is -0.125. The van der Waals surface area contributed by atoms with Gasteiger partial charge in [-0.3, -0.25) is 4.79 Å². The molecular formula is C12H26N2O. The van der Waals surface area contributed by atoms with Crippen molar-refractivity contribution < 1.29 is 4.79 Å². The first-order valence-electron chi connectivity index (χ1n) is 5.62. The summed E-state index contributed by atoms with van der Waals surface area (Å²) in [6.07, 6.45) is 1.10. The summed E-state index contributed by atoms with van der Waals surface area (Å²) < 4.78 is 0. The van der Waals surface area contributed by atoms with E-state index in [9.17, 15) is 4.79 Å². The van der Waals surface area contributed by atoms with Crippen LogP contribution < -0.4 is 11.1 Å². The van der Waals surface area contributed by atoms with Crippen LogP contribution in [0.2, 0.25) is 0 Å². The fraction of sp³-hybridized carbons (Fsp3) is 0.917. The van der Waals surface area contributed by atoms with Crippen molar-refractivity contribution in [2.45, 2.75) is 53.5 Å². The Morgan fingerprint density at radius 1 is 1.27 bits per heavy atom. The van der Waals surface area contributed by atoms with Gasteiger partial charge in [0.15, 0.2) is 0 Å². The number of nitrogens with two attached hydrogens (primary N) is 1. The molecule has 0 aromatic carbocycles. The second-order valence-electron chi connectivity index (χ2n) is 6.17. The Morgan fingerprint density at radius 3 is 2.07 bits per heavy atom. The quantitative estimate of drug-likeness (QED) is 0.734. The van der Waals surface area contributed by atoms with E-state index in [0.29, 0.717) is 12.5 Å². The lowest BCUT2D eigenvalue weighted by Gasteiger charge is -2.28. The average molecular weight is 214 g/mol. The van der Waals surface area contributed by atoms with Crippen LogP contribution in [-0.2, 0) is 4.79 Å². The van der Waals surface area contributed by atoms with E-state index in [4.69, 9.17) is 5.73 Å². The predicted octanol–water partition coefficient (Wildman–Crippen LogP) is 1.91. The van der Waals surface area contributed by atoms with Crippen molar-refractivity contribution in [2.75, 3.05) is 6.54 Å². The highest BCUT2D eigenvalue weighted by atomic mass is 16.2. The lowest BCUT2D eigenvalue weighted by atomic mass is 9.84. The van der Waals surface area contributed by atoms with Gasteiger partial charge in [0.25, 0.3) is 0 Å². The van der Waals surface area contributed by atoms with E-state index in [1.165, 1.54) is 0 Å². The molecule has 0 rings (SSSR count). The monoisotopic (exact) mass is 214 g/mol. The van der Waals surface area contributed by atoms with Gasteiger partial charge < -0.3 is 11.1 Å². The maximum Gasteiger partial charge on any atom is 0.239 e. The highest BCUT2D eigenvalue weighted by Crippen LogP contribution is 2.24. The average Bonchev–Trinajstić information content (AvgIpc) is 1.95. The molecule has 0 fully saturated rings. The molecule has 0 spiro atoms. The molecule has 0 aliphatic heterocycles. The van der Waals surface area contributed by atoms with Gasteiger partial charge >= 0.3 is 0 Å². The molecule has 0 saturated carbocycles. The molecule has 0 saturated heterocycles. The second kappa shape index (κ2) is 4.97. The van der Waals surface area contributed by atoms with Crippen molar-refractivity contribution in [3.8, 4) is 0 Å². The molecule has 1 amide bonds.